The van der Waals surface area contributed by atoms with Crippen molar-refractivity contribution in [3.8, 4) is 0 Å². The number of para-hydroxylation sites is 5. The minimum absolute atomic E-state index is 0.359. The molecular weight excluding hydrogens is 464 g/mol. The summed E-state index contributed by atoms with van der Waals surface area (Å²) >= 11 is 1.79. The highest BCUT2D eigenvalue weighted by Gasteiger charge is 2.08. The van der Waals surface area contributed by atoms with E-state index in [0.717, 1.165) is 39.4 Å². The number of aromatic nitrogens is 4. The van der Waals surface area contributed by atoms with Crippen LogP contribution in [0.5, 0.6) is 0 Å². The maximum Gasteiger partial charge on any atom is 0.198 e. The Bertz CT molecular complexity index is 1260. The van der Waals surface area contributed by atoms with E-state index in [1.54, 1.807) is 11.3 Å². The Morgan fingerprint density at radius 2 is 1.28 bits per heavy atom. The summed E-state index contributed by atoms with van der Waals surface area (Å²) in [5, 5.41) is 1.23. The summed E-state index contributed by atoms with van der Waals surface area (Å²) in [7, 11) is 0. The molecule has 3 heterocycles. The summed E-state index contributed by atoms with van der Waals surface area (Å²) in [5.41, 5.74) is 5.14. The van der Waals surface area contributed by atoms with Crippen LogP contribution in [-0.2, 0) is 0 Å². The van der Waals surface area contributed by atoms with Gasteiger partial charge in [0, 0.05) is 17.8 Å². The zero-order chi connectivity index (χ0) is 25.7. The summed E-state index contributed by atoms with van der Waals surface area (Å²) in [6, 6.07) is 24.2. The number of hydrogen-bond donors (Lipinski definition) is 1. The number of H-pyrrole nitrogens is 1. The number of nitrogens with one attached hydrogen (secondary N) is 1. The van der Waals surface area contributed by atoms with E-state index < -0.39 is 0 Å². The molecule has 6 heteroatoms. The minimum Gasteiger partial charge on any atom is -0.440 e. The largest absolute Gasteiger partial charge is 0.440 e. The minimum atomic E-state index is 0.359. The second kappa shape index (κ2) is 11.5. The summed E-state index contributed by atoms with van der Waals surface area (Å²) in [4.78, 5) is 16.6. The second-order valence-corrected chi connectivity index (χ2v) is 10.7. The van der Waals surface area contributed by atoms with Crippen LogP contribution < -0.4 is 0 Å². The standard InChI is InChI=1S/C10H12N2.C10H11NO.C10H11NS/c3*1-7(2)10-11-8-5-3-4-6-9(8)12-10/h3-7H,1-2H3,(H,11,12);2*3-7H,1-2H3. The van der Waals surface area contributed by atoms with Crippen LogP contribution in [0.3, 0.4) is 0 Å². The predicted octanol–water partition coefficient (Wildman–Crippen LogP) is 9.06. The van der Waals surface area contributed by atoms with E-state index in [2.05, 4.69) is 79.7 Å². The predicted molar refractivity (Wildman–Crippen MR) is 152 cm³/mol. The lowest BCUT2D eigenvalue weighted by Crippen LogP contribution is -1.88. The second-order valence-electron chi connectivity index (χ2n) is 9.64. The number of oxazole rings is 1. The first-order valence-corrected chi connectivity index (χ1v) is 13.3. The van der Waals surface area contributed by atoms with Crippen molar-refractivity contribution in [3.05, 3.63) is 89.5 Å². The van der Waals surface area contributed by atoms with Gasteiger partial charge in [0.2, 0.25) is 0 Å². The molecule has 6 rings (SSSR count). The maximum absolute atomic E-state index is 5.52. The number of aromatic amines is 1. The van der Waals surface area contributed by atoms with Crippen LogP contribution in [0.1, 0.15) is 76.0 Å². The molecule has 36 heavy (non-hydrogen) atoms. The quantitative estimate of drug-likeness (QED) is 0.264. The van der Waals surface area contributed by atoms with Gasteiger partial charge in [0.25, 0.3) is 0 Å². The number of benzene rings is 3. The summed E-state index contributed by atoms with van der Waals surface area (Å²) in [6.45, 7) is 12.8. The van der Waals surface area contributed by atoms with Crippen molar-refractivity contribution in [1.29, 1.82) is 0 Å². The number of nitrogens with zero attached hydrogens (tertiary/aromatic N) is 3. The maximum atomic E-state index is 5.52. The van der Waals surface area contributed by atoms with Crippen molar-refractivity contribution >= 4 is 43.7 Å². The van der Waals surface area contributed by atoms with Crippen molar-refractivity contribution in [3.63, 3.8) is 0 Å². The molecule has 3 aromatic heterocycles. The molecule has 0 saturated heterocycles. The molecule has 186 valence electrons. The van der Waals surface area contributed by atoms with Crippen LogP contribution in [0.15, 0.2) is 77.2 Å². The van der Waals surface area contributed by atoms with Crippen molar-refractivity contribution in [1.82, 2.24) is 19.9 Å². The fraction of sp³-hybridized carbons (Fsp3) is 0.300. The van der Waals surface area contributed by atoms with Gasteiger partial charge in [-0.25, -0.2) is 15.0 Å². The average molecular weight is 499 g/mol. The zero-order valence-electron chi connectivity index (χ0n) is 21.8. The van der Waals surface area contributed by atoms with Crippen LogP contribution in [-0.4, -0.2) is 19.9 Å². The lowest BCUT2D eigenvalue weighted by molar-refractivity contribution is 0.501. The van der Waals surface area contributed by atoms with Gasteiger partial charge in [-0.15, -0.1) is 11.3 Å². The smallest absolute Gasteiger partial charge is 0.198 e. The normalized spacial score (nSPS) is 11.2. The molecule has 3 aromatic carbocycles. The van der Waals surface area contributed by atoms with Crippen LogP contribution in [0.2, 0.25) is 0 Å². The molecule has 0 fully saturated rings. The number of rotatable bonds is 3. The van der Waals surface area contributed by atoms with Crippen molar-refractivity contribution in [2.45, 2.75) is 59.3 Å². The fourth-order valence-corrected chi connectivity index (χ4v) is 4.49. The van der Waals surface area contributed by atoms with Crippen LogP contribution >= 0.6 is 11.3 Å². The molecular formula is C30H34N4OS. The van der Waals surface area contributed by atoms with E-state index in [9.17, 15) is 0 Å². The molecule has 6 aromatic rings. The highest BCUT2D eigenvalue weighted by atomic mass is 32.1. The molecule has 0 radical (unpaired) electrons. The lowest BCUT2D eigenvalue weighted by atomic mass is 10.2. The van der Waals surface area contributed by atoms with Gasteiger partial charge in [-0.1, -0.05) is 77.9 Å². The van der Waals surface area contributed by atoms with Crippen molar-refractivity contribution in [2.75, 3.05) is 0 Å². The SMILES string of the molecule is CC(C)c1nc2ccccc2[nH]1.CC(C)c1nc2ccccc2o1.CC(C)c1nc2ccccc2s1. The third-order valence-corrected chi connectivity index (χ3v) is 6.90. The van der Waals surface area contributed by atoms with E-state index in [0.29, 0.717) is 17.8 Å². The lowest BCUT2D eigenvalue weighted by Gasteiger charge is -1.95. The molecule has 0 atom stereocenters. The van der Waals surface area contributed by atoms with Gasteiger partial charge in [-0.3, -0.25) is 0 Å². The van der Waals surface area contributed by atoms with Gasteiger partial charge in [0.1, 0.15) is 11.3 Å². The topological polar surface area (TPSA) is 67.6 Å². The fourth-order valence-electron chi connectivity index (χ4n) is 3.52. The molecule has 0 amide bonds. The first-order valence-electron chi connectivity index (χ1n) is 12.5. The van der Waals surface area contributed by atoms with Crippen LogP contribution in [0, 0.1) is 0 Å². The Balaban J connectivity index is 0.000000127. The number of fused-ring (bicyclic) bond motifs is 3. The van der Waals surface area contributed by atoms with E-state index >= 15 is 0 Å². The van der Waals surface area contributed by atoms with E-state index in [-0.39, 0.29) is 0 Å². The third-order valence-electron chi connectivity index (χ3n) is 5.56. The Morgan fingerprint density at radius 3 is 1.89 bits per heavy atom. The molecule has 0 aliphatic rings. The van der Waals surface area contributed by atoms with Gasteiger partial charge >= 0.3 is 0 Å². The van der Waals surface area contributed by atoms with Gasteiger partial charge < -0.3 is 9.40 Å². The van der Waals surface area contributed by atoms with Gasteiger partial charge in [0.15, 0.2) is 11.5 Å². The van der Waals surface area contributed by atoms with E-state index in [1.165, 1.54) is 9.71 Å². The van der Waals surface area contributed by atoms with Crippen molar-refractivity contribution in [2.24, 2.45) is 0 Å². The first kappa shape index (κ1) is 25.6. The van der Waals surface area contributed by atoms with E-state index in [4.69, 9.17) is 4.42 Å². The molecule has 0 aliphatic carbocycles. The molecule has 0 saturated carbocycles. The highest BCUT2D eigenvalue weighted by Crippen LogP contribution is 2.26. The molecule has 5 nitrogen and oxygen atoms in total. The summed E-state index contributed by atoms with van der Waals surface area (Å²) < 4.78 is 6.81. The summed E-state index contributed by atoms with van der Waals surface area (Å²) in [5.74, 6) is 3.25. The van der Waals surface area contributed by atoms with Crippen LogP contribution in [0.4, 0.5) is 0 Å². The molecule has 0 spiro atoms. The van der Waals surface area contributed by atoms with Crippen LogP contribution in [0.25, 0.3) is 32.3 Å². The summed E-state index contributed by atoms with van der Waals surface area (Å²) in [6.07, 6.45) is 0. The molecule has 0 bridgehead atoms. The monoisotopic (exact) mass is 498 g/mol. The Labute approximate surface area is 216 Å². The van der Waals surface area contributed by atoms with Crippen molar-refractivity contribution < 1.29 is 4.42 Å². The molecule has 0 unspecified atom stereocenters. The van der Waals surface area contributed by atoms with E-state index in [1.807, 2.05) is 54.6 Å². The Morgan fingerprint density at radius 1 is 0.639 bits per heavy atom. The molecule has 1 N–H and O–H groups in total. The number of imidazole rings is 1. The van der Waals surface area contributed by atoms with Gasteiger partial charge in [0.05, 0.1) is 26.3 Å². The number of thiazole rings is 1. The highest BCUT2D eigenvalue weighted by molar-refractivity contribution is 7.18. The van der Waals surface area contributed by atoms with Gasteiger partial charge in [-0.05, 0) is 36.4 Å². The van der Waals surface area contributed by atoms with Gasteiger partial charge in [-0.2, -0.15) is 0 Å². The zero-order valence-corrected chi connectivity index (χ0v) is 22.6. The molecule has 0 aliphatic heterocycles. The Hall–Kier alpha value is -3.51. The average Bonchev–Trinajstić information content (AvgIpc) is 3.61. The number of hydrogen-bond acceptors (Lipinski definition) is 5. The first-order chi connectivity index (χ1) is 17.3. The Kier molecular flexibility index (Phi) is 8.16. The third kappa shape index (κ3) is 6.18.